The van der Waals surface area contributed by atoms with E-state index in [0.29, 0.717) is 0 Å². The third kappa shape index (κ3) is 2.94. The van der Waals surface area contributed by atoms with Gasteiger partial charge >= 0.3 is 0 Å². The summed E-state index contributed by atoms with van der Waals surface area (Å²) < 4.78 is 1.13. The monoisotopic (exact) mass is 325 g/mol. The quantitative estimate of drug-likeness (QED) is 0.851. The van der Waals surface area contributed by atoms with E-state index in [1.165, 1.54) is 4.88 Å². The van der Waals surface area contributed by atoms with Crippen LogP contribution in [0, 0.1) is 0 Å². The van der Waals surface area contributed by atoms with Gasteiger partial charge in [0.05, 0.1) is 12.1 Å². The molecule has 4 heteroatoms. The summed E-state index contributed by atoms with van der Waals surface area (Å²) in [6.45, 7) is 3.90. The zero-order valence-electron chi connectivity index (χ0n) is 10.4. The zero-order chi connectivity index (χ0) is 13.1. The van der Waals surface area contributed by atoms with Crippen molar-refractivity contribution in [1.82, 2.24) is 0 Å². The van der Waals surface area contributed by atoms with Crippen LogP contribution in [0.2, 0.25) is 0 Å². The van der Waals surface area contributed by atoms with Crippen molar-refractivity contribution < 1.29 is 5.11 Å². The van der Waals surface area contributed by atoms with Crippen molar-refractivity contribution in [2.45, 2.75) is 26.0 Å². The summed E-state index contributed by atoms with van der Waals surface area (Å²) in [6.07, 6.45) is -0.465. The minimum Gasteiger partial charge on any atom is -0.389 e. The fourth-order valence-electron chi connectivity index (χ4n) is 1.91. The van der Waals surface area contributed by atoms with Crippen molar-refractivity contribution in [1.29, 1.82) is 0 Å². The second kappa shape index (κ2) is 5.87. The fraction of sp³-hybridized carbons (Fsp3) is 0.286. The summed E-state index contributed by atoms with van der Waals surface area (Å²) in [5, 5.41) is 15.3. The lowest BCUT2D eigenvalue weighted by molar-refractivity contribution is 0.200. The molecular weight excluding hydrogens is 310 g/mol. The van der Waals surface area contributed by atoms with Crippen molar-refractivity contribution in [2.75, 3.05) is 5.32 Å². The smallest absolute Gasteiger partial charge is 0.0781 e. The lowest BCUT2D eigenvalue weighted by Crippen LogP contribution is -2.08. The number of hydrogen-bond donors (Lipinski definition) is 2. The molecule has 2 aromatic rings. The summed E-state index contributed by atoms with van der Waals surface area (Å²) in [7, 11) is 0. The van der Waals surface area contributed by atoms with E-state index in [-0.39, 0.29) is 6.04 Å². The third-order valence-electron chi connectivity index (χ3n) is 2.82. The first-order valence-electron chi connectivity index (χ1n) is 5.86. The Labute approximate surface area is 120 Å². The Kier molecular flexibility index (Phi) is 4.43. The van der Waals surface area contributed by atoms with Crippen LogP contribution in [0.15, 0.2) is 40.2 Å². The molecule has 2 unspecified atom stereocenters. The standard InChI is InChI=1S/C14H16BrNOS/c1-9(14-12(15)7-8-18-14)16-13-6-4-3-5-11(13)10(2)17/h3-10,16-17H,1-2H3. The highest BCUT2D eigenvalue weighted by molar-refractivity contribution is 9.10. The van der Waals surface area contributed by atoms with Crippen molar-refractivity contribution in [3.8, 4) is 0 Å². The van der Waals surface area contributed by atoms with E-state index in [0.717, 1.165) is 15.7 Å². The van der Waals surface area contributed by atoms with Gasteiger partial charge in [0.15, 0.2) is 0 Å². The second-order valence-electron chi connectivity index (χ2n) is 4.26. The maximum absolute atomic E-state index is 9.76. The molecule has 2 rings (SSSR count). The van der Waals surface area contributed by atoms with Crippen LogP contribution in [-0.4, -0.2) is 5.11 Å². The number of para-hydroxylation sites is 1. The Balaban J connectivity index is 2.22. The van der Waals surface area contributed by atoms with E-state index in [2.05, 4.69) is 39.6 Å². The van der Waals surface area contributed by atoms with Crippen LogP contribution in [-0.2, 0) is 0 Å². The second-order valence-corrected chi connectivity index (χ2v) is 6.06. The molecule has 0 aliphatic heterocycles. The van der Waals surface area contributed by atoms with Crippen molar-refractivity contribution in [3.05, 3.63) is 50.6 Å². The number of aliphatic hydroxyl groups is 1. The van der Waals surface area contributed by atoms with Gasteiger partial charge in [-0.25, -0.2) is 0 Å². The average Bonchev–Trinajstić information content (AvgIpc) is 2.76. The summed E-state index contributed by atoms with van der Waals surface area (Å²) >= 11 is 5.27. The van der Waals surface area contributed by atoms with E-state index >= 15 is 0 Å². The Morgan fingerprint density at radius 1 is 1.22 bits per heavy atom. The van der Waals surface area contributed by atoms with Gasteiger partial charge in [-0.15, -0.1) is 11.3 Å². The Hall–Kier alpha value is -0.840. The SMILES string of the molecule is CC(O)c1ccccc1NC(C)c1sccc1Br. The number of aliphatic hydroxyl groups excluding tert-OH is 1. The van der Waals surface area contributed by atoms with E-state index < -0.39 is 6.10 Å². The first kappa shape index (κ1) is 13.6. The maximum Gasteiger partial charge on any atom is 0.0781 e. The number of rotatable bonds is 4. The topological polar surface area (TPSA) is 32.3 Å². The number of benzene rings is 1. The Morgan fingerprint density at radius 2 is 1.94 bits per heavy atom. The van der Waals surface area contributed by atoms with Gasteiger partial charge < -0.3 is 10.4 Å². The molecule has 0 fully saturated rings. The highest BCUT2D eigenvalue weighted by Crippen LogP contribution is 2.32. The fourth-order valence-corrected chi connectivity index (χ4v) is 3.63. The van der Waals surface area contributed by atoms with Crippen molar-refractivity contribution in [2.24, 2.45) is 0 Å². The molecule has 0 amide bonds. The van der Waals surface area contributed by atoms with Crippen LogP contribution >= 0.6 is 27.3 Å². The highest BCUT2D eigenvalue weighted by Gasteiger charge is 2.13. The summed E-state index contributed by atoms with van der Waals surface area (Å²) in [5.41, 5.74) is 1.91. The molecule has 0 radical (unpaired) electrons. The molecule has 0 spiro atoms. The van der Waals surface area contributed by atoms with Gasteiger partial charge in [0, 0.05) is 20.6 Å². The predicted octanol–water partition coefficient (Wildman–Crippen LogP) is 4.74. The lowest BCUT2D eigenvalue weighted by Gasteiger charge is -2.18. The van der Waals surface area contributed by atoms with Gasteiger partial charge in [0.2, 0.25) is 0 Å². The minimum atomic E-state index is -0.465. The molecule has 0 saturated heterocycles. The van der Waals surface area contributed by atoms with Crippen LogP contribution < -0.4 is 5.32 Å². The molecule has 2 N–H and O–H groups in total. The Bertz CT molecular complexity index is 524. The van der Waals surface area contributed by atoms with Crippen LogP contribution in [0.4, 0.5) is 5.69 Å². The maximum atomic E-state index is 9.76. The minimum absolute atomic E-state index is 0.208. The molecule has 0 bridgehead atoms. The molecule has 18 heavy (non-hydrogen) atoms. The highest BCUT2D eigenvalue weighted by atomic mass is 79.9. The molecule has 1 aromatic carbocycles. The van der Waals surface area contributed by atoms with E-state index in [1.54, 1.807) is 18.3 Å². The van der Waals surface area contributed by atoms with Gasteiger partial charge in [0.1, 0.15) is 0 Å². The third-order valence-corrected chi connectivity index (χ3v) is 4.87. The van der Waals surface area contributed by atoms with E-state index in [1.807, 2.05) is 24.3 Å². The summed E-state index contributed by atoms with van der Waals surface area (Å²) in [5.74, 6) is 0. The molecule has 0 aliphatic carbocycles. The first-order chi connectivity index (χ1) is 8.59. The van der Waals surface area contributed by atoms with Gasteiger partial charge in [-0.1, -0.05) is 18.2 Å². The van der Waals surface area contributed by atoms with Crippen molar-refractivity contribution >= 4 is 33.0 Å². The van der Waals surface area contributed by atoms with Crippen LogP contribution in [0.5, 0.6) is 0 Å². The zero-order valence-corrected chi connectivity index (χ0v) is 12.8. The number of thiophene rings is 1. The molecular formula is C14H16BrNOS. The molecule has 2 atom stereocenters. The van der Waals surface area contributed by atoms with Crippen LogP contribution in [0.25, 0.3) is 0 Å². The van der Waals surface area contributed by atoms with Gasteiger partial charge in [-0.3, -0.25) is 0 Å². The lowest BCUT2D eigenvalue weighted by atomic mass is 10.1. The van der Waals surface area contributed by atoms with Crippen molar-refractivity contribution in [3.63, 3.8) is 0 Å². The van der Waals surface area contributed by atoms with Crippen LogP contribution in [0.3, 0.4) is 0 Å². The molecule has 96 valence electrons. The summed E-state index contributed by atoms with van der Waals surface area (Å²) in [4.78, 5) is 1.26. The van der Waals surface area contributed by atoms with Crippen LogP contribution in [0.1, 0.15) is 36.4 Å². The Morgan fingerprint density at radius 3 is 2.56 bits per heavy atom. The van der Waals surface area contributed by atoms with Gasteiger partial charge in [0.25, 0.3) is 0 Å². The average molecular weight is 326 g/mol. The largest absolute Gasteiger partial charge is 0.389 e. The molecule has 1 heterocycles. The molecule has 0 aliphatic rings. The molecule has 2 nitrogen and oxygen atoms in total. The normalized spacial score (nSPS) is 14.2. The molecule has 0 saturated carbocycles. The van der Waals surface area contributed by atoms with E-state index in [9.17, 15) is 5.11 Å². The number of hydrogen-bond acceptors (Lipinski definition) is 3. The van der Waals surface area contributed by atoms with Gasteiger partial charge in [-0.05, 0) is 47.3 Å². The van der Waals surface area contributed by atoms with E-state index in [4.69, 9.17) is 0 Å². The number of anilines is 1. The predicted molar refractivity (Wildman–Crippen MR) is 81.1 cm³/mol. The molecule has 1 aromatic heterocycles. The number of halogens is 1. The first-order valence-corrected chi connectivity index (χ1v) is 7.53. The number of nitrogens with one attached hydrogen (secondary N) is 1. The van der Waals surface area contributed by atoms with Gasteiger partial charge in [-0.2, -0.15) is 0 Å². The summed E-state index contributed by atoms with van der Waals surface area (Å²) in [6, 6.07) is 10.1.